The molecule has 2 N–H and O–H groups in total. The summed E-state index contributed by atoms with van der Waals surface area (Å²) in [5.41, 5.74) is 1.46. The van der Waals surface area contributed by atoms with Crippen LogP contribution in [0.3, 0.4) is 0 Å². The smallest absolute Gasteiger partial charge is 0.253 e. The second-order valence-corrected chi connectivity index (χ2v) is 5.61. The molecule has 1 aromatic rings. The third-order valence-corrected chi connectivity index (χ3v) is 4.00. The van der Waals surface area contributed by atoms with Gasteiger partial charge in [-0.15, -0.1) is 0 Å². The highest BCUT2D eigenvalue weighted by molar-refractivity contribution is 5.99. The monoisotopic (exact) mass is 290 g/mol. The Morgan fingerprint density at radius 3 is 2.86 bits per heavy atom. The van der Waals surface area contributed by atoms with Gasteiger partial charge in [0, 0.05) is 25.3 Å². The van der Waals surface area contributed by atoms with Crippen LogP contribution in [-0.2, 0) is 0 Å². The van der Waals surface area contributed by atoms with Gasteiger partial charge >= 0.3 is 0 Å². The van der Waals surface area contributed by atoms with Crippen molar-refractivity contribution in [2.24, 2.45) is 0 Å². The molecule has 2 rings (SSSR count). The standard InChI is InChI=1S/C16H26N4O/c1-3-18-15-12-17-8-7-14(15)16(21)19-11-13(2)20-9-5-4-6-10-20/h7-8,12-13,18H,3-6,9-11H2,1-2H3,(H,19,21). The Kier molecular flexibility index (Phi) is 5.99. The Hall–Kier alpha value is -1.62. The molecule has 1 atom stereocenters. The molecule has 0 spiro atoms. The minimum atomic E-state index is -0.0304. The molecule has 2 heterocycles. The zero-order valence-electron chi connectivity index (χ0n) is 13.1. The highest BCUT2D eigenvalue weighted by Gasteiger charge is 2.18. The fourth-order valence-electron chi connectivity index (χ4n) is 2.75. The van der Waals surface area contributed by atoms with E-state index in [9.17, 15) is 4.79 Å². The number of rotatable bonds is 6. The van der Waals surface area contributed by atoms with Crippen LogP contribution in [0.5, 0.6) is 0 Å². The first-order valence-electron chi connectivity index (χ1n) is 7.92. The number of hydrogen-bond acceptors (Lipinski definition) is 4. The summed E-state index contributed by atoms with van der Waals surface area (Å²) in [6.07, 6.45) is 7.23. The van der Waals surface area contributed by atoms with Crippen LogP contribution >= 0.6 is 0 Å². The van der Waals surface area contributed by atoms with Gasteiger partial charge in [0.05, 0.1) is 17.4 Å². The number of carbonyl (C=O) groups is 1. The SMILES string of the molecule is CCNc1cnccc1C(=O)NCC(C)N1CCCCC1. The maximum absolute atomic E-state index is 12.3. The number of aromatic nitrogens is 1. The molecule has 1 aliphatic heterocycles. The molecular formula is C16H26N4O. The molecule has 0 aliphatic carbocycles. The zero-order chi connectivity index (χ0) is 15.1. The summed E-state index contributed by atoms with van der Waals surface area (Å²) < 4.78 is 0. The molecule has 21 heavy (non-hydrogen) atoms. The molecule has 0 radical (unpaired) electrons. The van der Waals surface area contributed by atoms with E-state index in [1.54, 1.807) is 18.5 Å². The summed E-state index contributed by atoms with van der Waals surface area (Å²) in [6.45, 7) is 7.95. The molecule has 1 saturated heterocycles. The van der Waals surface area contributed by atoms with Crippen molar-refractivity contribution in [3.8, 4) is 0 Å². The van der Waals surface area contributed by atoms with E-state index in [-0.39, 0.29) is 5.91 Å². The molecule has 5 heteroatoms. The van der Waals surface area contributed by atoms with Crippen LogP contribution in [0.2, 0.25) is 0 Å². The molecule has 1 aliphatic rings. The molecule has 1 aromatic heterocycles. The third kappa shape index (κ3) is 4.43. The van der Waals surface area contributed by atoms with Crippen molar-refractivity contribution >= 4 is 11.6 Å². The van der Waals surface area contributed by atoms with Crippen LogP contribution in [0.1, 0.15) is 43.5 Å². The van der Waals surface area contributed by atoms with Gasteiger partial charge in [0.15, 0.2) is 0 Å². The summed E-state index contributed by atoms with van der Waals surface area (Å²) in [4.78, 5) is 18.9. The van der Waals surface area contributed by atoms with Crippen LogP contribution in [0, 0.1) is 0 Å². The normalized spacial score (nSPS) is 17.2. The molecule has 1 unspecified atom stereocenters. The number of amides is 1. The van der Waals surface area contributed by atoms with Crippen molar-refractivity contribution < 1.29 is 4.79 Å². The maximum Gasteiger partial charge on any atom is 0.253 e. The first kappa shape index (κ1) is 15.8. The second-order valence-electron chi connectivity index (χ2n) is 5.61. The van der Waals surface area contributed by atoms with Crippen molar-refractivity contribution in [3.05, 3.63) is 24.0 Å². The fourth-order valence-corrected chi connectivity index (χ4v) is 2.75. The molecular weight excluding hydrogens is 264 g/mol. The third-order valence-electron chi connectivity index (χ3n) is 4.00. The number of likely N-dealkylation sites (tertiary alicyclic amines) is 1. The van der Waals surface area contributed by atoms with Crippen molar-refractivity contribution in [1.29, 1.82) is 0 Å². The Labute approximate surface area is 127 Å². The van der Waals surface area contributed by atoms with Gasteiger partial charge in [0.2, 0.25) is 0 Å². The topological polar surface area (TPSA) is 57.3 Å². The number of anilines is 1. The molecule has 0 bridgehead atoms. The van der Waals surface area contributed by atoms with E-state index in [2.05, 4.69) is 27.4 Å². The summed E-state index contributed by atoms with van der Waals surface area (Å²) in [5.74, 6) is -0.0304. The van der Waals surface area contributed by atoms with Crippen molar-refractivity contribution in [3.63, 3.8) is 0 Å². The second kappa shape index (κ2) is 7.98. The minimum absolute atomic E-state index is 0.0304. The van der Waals surface area contributed by atoms with Crippen LogP contribution in [0.25, 0.3) is 0 Å². The van der Waals surface area contributed by atoms with Gasteiger partial charge < -0.3 is 10.6 Å². The highest BCUT2D eigenvalue weighted by Crippen LogP contribution is 2.14. The number of pyridine rings is 1. The largest absolute Gasteiger partial charge is 0.383 e. The van der Waals surface area contributed by atoms with Gasteiger partial charge in [0.25, 0.3) is 5.91 Å². The molecule has 5 nitrogen and oxygen atoms in total. The summed E-state index contributed by atoms with van der Waals surface area (Å²) in [7, 11) is 0. The summed E-state index contributed by atoms with van der Waals surface area (Å²) in [5, 5.41) is 6.22. The average Bonchev–Trinajstić information content (AvgIpc) is 2.54. The van der Waals surface area contributed by atoms with Crippen LogP contribution < -0.4 is 10.6 Å². The lowest BCUT2D eigenvalue weighted by Gasteiger charge is -2.32. The Morgan fingerprint density at radius 1 is 1.38 bits per heavy atom. The predicted octanol–water partition coefficient (Wildman–Crippen LogP) is 2.12. The van der Waals surface area contributed by atoms with E-state index in [4.69, 9.17) is 0 Å². The van der Waals surface area contributed by atoms with E-state index in [1.807, 2.05) is 6.92 Å². The van der Waals surface area contributed by atoms with Crippen molar-refractivity contribution in [1.82, 2.24) is 15.2 Å². The first-order chi connectivity index (χ1) is 10.2. The average molecular weight is 290 g/mol. The highest BCUT2D eigenvalue weighted by atomic mass is 16.1. The summed E-state index contributed by atoms with van der Waals surface area (Å²) >= 11 is 0. The lowest BCUT2D eigenvalue weighted by atomic mass is 10.1. The van der Waals surface area contributed by atoms with Crippen LogP contribution in [-0.4, -0.2) is 48.0 Å². The summed E-state index contributed by atoms with van der Waals surface area (Å²) in [6, 6.07) is 2.15. The Bertz CT molecular complexity index is 457. The van der Waals surface area contributed by atoms with Crippen molar-refractivity contribution in [2.75, 3.05) is 31.5 Å². The van der Waals surface area contributed by atoms with Gasteiger partial charge in [0.1, 0.15) is 0 Å². The fraction of sp³-hybridized carbons (Fsp3) is 0.625. The number of nitrogens with zero attached hydrogens (tertiary/aromatic N) is 2. The Balaban J connectivity index is 1.89. The molecule has 116 valence electrons. The van der Waals surface area contributed by atoms with E-state index in [0.717, 1.165) is 25.3 Å². The molecule has 1 amide bonds. The van der Waals surface area contributed by atoms with Gasteiger partial charge in [-0.05, 0) is 45.8 Å². The first-order valence-corrected chi connectivity index (χ1v) is 7.92. The van der Waals surface area contributed by atoms with E-state index in [0.29, 0.717) is 18.2 Å². The van der Waals surface area contributed by atoms with E-state index in [1.165, 1.54) is 19.3 Å². The predicted molar refractivity (Wildman–Crippen MR) is 85.6 cm³/mol. The molecule has 0 aromatic carbocycles. The maximum atomic E-state index is 12.3. The zero-order valence-corrected chi connectivity index (χ0v) is 13.1. The number of nitrogens with one attached hydrogen (secondary N) is 2. The van der Waals surface area contributed by atoms with Crippen LogP contribution in [0.15, 0.2) is 18.5 Å². The van der Waals surface area contributed by atoms with Gasteiger partial charge in [-0.1, -0.05) is 6.42 Å². The number of carbonyl (C=O) groups excluding carboxylic acids is 1. The van der Waals surface area contributed by atoms with Gasteiger partial charge in [-0.3, -0.25) is 14.7 Å². The lowest BCUT2D eigenvalue weighted by Crippen LogP contribution is -2.44. The van der Waals surface area contributed by atoms with E-state index < -0.39 is 0 Å². The minimum Gasteiger partial charge on any atom is -0.383 e. The quantitative estimate of drug-likeness (QED) is 0.842. The van der Waals surface area contributed by atoms with Gasteiger partial charge in [-0.2, -0.15) is 0 Å². The van der Waals surface area contributed by atoms with E-state index >= 15 is 0 Å². The molecule has 1 fully saturated rings. The van der Waals surface area contributed by atoms with Gasteiger partial charge in [-0.25, -0.2) is 0 Å². The van der Waals surface area contributed by atoms with Crippen molar-refractivity contribution in [2.45, 2.75) is 39.2 Å². The van der Waals surface area contributed by atoms with Crippen LogP contribution in [0.4, 0.5) is 5.69 Å². The number of piperidine rings is 1. The number of hydrogen-bond donors (Lipinski definition) is 2. The lowest BCUT2D eigenvalue weighted by molar-refractivity contribution is 0.0930. The molecule has 0 saturated carbocycles. The Morgan fingerprint density at radius 2 is 2.14 bits per heavy atom.